The number of nitrogens with one attached hydrogen (secondary N) is 2. The molecular formula is C24H26N6. The van der Waals surface area contributed by atoms with E-state index in [1.165, 1.54) is 25.7 Å². The Morgan fingerprint density at radius 3 is 2.13 bits per heavy atom. The number of hydrogen-bond acceptors (Lipinski definition) is 4. The van der Waals surface area contributed by atoms with Crippen molar-refractivity contribution < 1.29 is 0 Å². The van der Waals surface area contributed by atoms with Crippen molar-refractivity contribution in [3.8, 4) is 33.8 Å². The van der Waals surface area contributed by atoms with Gasteiger partial charge in [-0.25, -0.2) is 9.97 Å². The molecule has 0 radical (unpaired) electrons. The topological polar surface area (TPSA) is 96.3 Å². The van der Waals surface area contributed by atoms with E-state index in [9.17, 15) is 0 Å². The lowest BCUT2D eigenvalue weighted by Gasteiger charge is -2.05. The molecule has 1 atom stereocenters. The molecule has 1 aliphatic carbocycles. The predicted molar refractivity (Wildman–Crippen MR) is 119 cm³/mol. The average molecular weight is 399 g/mol. The van der Waals surface area contributed by atoms with Crippen LogP contribution in [-0.2, 0) is 0 Å². The van der Waals surface area contributed by atoms with Gasteiger partial charge in [0, 0.05) is 23.2 Å². The van der Waals surface area contributed by atoms with Gasteiger partial charge in [-0.1, -0.05) is 37.1 Å². The van der Waals surface area contributed by atoms with Crippen molar-refractivity contribution in [2.45, 2.75) is 44.6 Å². The quantitative estimate of drug-likeness (QED) is 0.430. The highest BCUT2D eigenvalue weighted by atomic mass is 15.0. The van der Waals surface area contributed by atoms with Gasteiger partial charge in [0.1, 0.15) is 11.6 Å². The van der Waals surface area contributed by atoms with Crippen molar-refractivity contribution in [2.24, 2.45) is 5.73 Å². The molecular weight excluding hydrogens is 372 g/mol. The maximum Gasteiger partial charge on any atom is 0.123 e. The summed E-state index contributed by atoms with van der Waals surface area (Å²) in [5, 5.41) is 0. The SMILES string of the molecule is C[C@H](N)c1ncc(-c2ccc(-c3ccc(-c4cnc(C5CCCC5)[nH]4)cc3)nc2)[nH]1. The minimum Gasteiger partial charge on any atom is -0.342 e. The molecule has 6 heteroatoms. The summed E-state index contributed by atoms with van der Waals surface area (Å²) < 4.78 is 0. The summed E-state index contributed by atoms with van der Waals surface area (Å²) in [6.07, 6.45) is 10.7. The smallest absolute Gasteiger partial charge is 0.123 e. The number of rotatable bonds is 5. The minimum atomic E-state index is -0.117. The second-order valence-electron chi connectivity index (χ2n) is 8.14. The molecule has 0 aliphatic heterocycles. The Morgan fingerprint density at radius 1 is 0.800 bits per heavy atom. The summed E-state index contributed by atoms with van der Waals surface area (Å²) in [7, 11) is 0. The van der Waals surface area contributed by atoms with Crippen molar-refractivity contribution in [1.29, 1.82) is 0 Å². The third-order valence-corrected chi connectivity index (χ3v) is 5.93. The zero-order chi connectivity index (χ0) is 20.5. The first-order chi connectivity index (χ1) is 14.7. The van der Waals surface area contributed by atoms with Crippen LogP contribution in [0.3, 0.4) is 0 Å². The normalized spacial score (nSPS) is 15.5. The van der Waals surface area contributed by atoms with Crippen LogP contribution >= 0.6 is 0 Å². The van der Waals surface area contributed by atoms with Gasteiger partial charge in [-0.05, 0) is 37.5 Å². The highest BCUT2D eigenvalue weighted by molar-refractivity contribution is 5.68. The molecule has 0 unspecified atom stereocenters. The third kappa shape index (κ3) is 3.66. The number of aromatic nitrogens is 5. The number of imidazole rings is 2. The molecule has 30 heavy (non-hydrogen) atoms. The summed E-state index contributed by atoms with van der Waals surface area (Å²) in [6.45, 7) is 1.91. The van der Waals surface area contributed by atoms with Gasteiger partial charge in [0.2, 0.25) is 0 Å². The maximum atomic E-state index is 5.88. The summed E-state index contributed by atoms with van der Waals surface area (Å²) in [5.41, 5.74) is 12.0. The molecule has 0 spiro atoms. The number of benzene rings is 1. The minimum absolute atomic E-state index is 0.117. The van der Waals surface area contributed by atoms with Gasteiger partial charge in [-0.3, -0.25) is 4.98 Å². The van der Waals surface area contributed by atoms with Gasteiger partial charge in [-0.15, -0.1) is 0 Å². The fourth-order valence-corrected chi connectivity index (χ4v) is 4.15. The zero-order valence-corrected chi connectivity index (χ0v) is 17.1. The number of nitrogens with two attached hydrogens (primary N) is 1. The fraction of sp³-hybridized carbons (Fsp3) is 0.292. The van der Waals surface area contributed by atoms with Gasteiger partial charge in [0.05, 0.1) is 35.5 Å². The number of pyridine rings is 1. The van der Waals surface area contributed by atoms with Crippen molar-refractivity contribution in [3.63, 3.8) is 0 Å². The first-order valence-corrected chi connectivity index (χ1v) is 10.6. The van der Waals surface area contributed by atoms with Crippen LogP contribution in [0.25, 0.3) is 33.8 Å². The van der Waals surface area contributed by atoms with Crippen LogP contribution in [0.15, 0.2) is 55.0 Å². The van der Waals surface area contributed by atoms with E-state index in [1.54, 1.807) is 6.20 Å². The Balaban J connectivity index is 1.32. The molecule has 3 heterocycles. The molecule has 152 valence electrons. The van der Waals surface area contributed by atoms with E-state index in [0.717, 1.165) is 45.4 Å². The van der Waals surface area contributed by atoms with Crippen LogP contribution < -0.4 is 5.73 Å². The van der Waals surface area contributed by atoms with Crippen molar-refractivity contribution >= 4 is 0 Å². The van der Waals surface area contributed by atoms with E-state index >= 15 is 0 Å². The summed E-state index contributed by atoms with van der Waals surface area (Å²) >= 11 is 0. The van der Waals surface area contributed by atoms with Gasteiger partial charge < -0.3 is 15.7 Å². The lowest BCUT2D eigenvalue weighted by molar-refractivity contribution is 0.679. The van der Waals surface area contributed by atoms with E-state index in [1.807, 2.05) is 25.4 Å². The molecule has 4 aromatic rings. The third-order valence-electron chi connectivity index (χ3n) is 5.93. The number of nitrogens with zero attached hydrogens (tertiary/aromatic N) is 3. The second kappa shape index (κ2) is 7.88. The summed E-state index contributed by atoms with van der Waals surface area (Å²) in [6, 6.07) is 12.4. The molecule has 1 fully saturated rings. The Hall–Kier alpha value is -3.25. The monoisotopic (exact) mass is 398 g/mol. The second-order valence-corrected chi connectivity index (χ2v) is 8.14. The van der Waals surface area contributed by atoms with Gasteiger partial charge >= 0.3 is 0 Å². The molecule has 4 N–H and O–H groups in total. The number of hydrogen-bond donors (Lipinski definition) is 3. The van der Waals surface area contributed by atoms with Crippen LogP contribution in [0.2, 0.25) is 0 Å². The van der Waals surface area contributed by atoms with Crippen LogP contribution in [0.4, 0.5) is 0 Å². The molecule has 1 saturated carbocycles. The Bertz CT molecular complexity index is 1120. The Labute approximate surface area is 176 Å². The maximum absolute atomic E-state index is 5.88. The van der Waals surface area contributed by atoms with Crippen LogP contribution in [0.1, 0.15) is 56.2 Å². The summed E-state index contributed by atoms with van der Waals surface area (Å²) in [4.78, 5) is 20.4. The van der Waals surface area contributed by atoms with Crippen LogP contribution in [0.5, 0.6) is 0 Å². The molecule has 6 nitrogen and oxygen atoms in total. The molecule has 3 aromatic heterocycles. The number of H-pyrrole nitrogens is 2. The Morgan fingerprint density at radius 2 is 1.47 bits per heavy atom. The highest BCUT2D eigenvalue weighted by Gasteiger charge is 2.20. The van der Waals surface area contributed by atoms with Crippen LogP contribution in [-0.4, -0.2) is 24.9 Å². The van der Waals surface area contributed by atoms with Gasteiger partial charge in [0.15, 0.2) is 0 Å². The largest absolute Gasteiger partial charge is 0.342 e. The van der Waals surface area contributed by atoms with Gasteiger partial charge in [-0.2, -0.15) is 0 Å². The fourth-order valence-electron chi connectivity index (χ4n) is 4.15. The van der Waals surface area contributed by atoms with E-state index in [2.05, 4.69) is 55.3 Å². The Kier molecular flexibility index (Phi) is 4.93. The zero-order valence-electron chi connectivity index (χ0n) is 17.1. The van der Waals surface area contributed by atoms with Crippen molar-refractivity contribution in [3.05, 3.63) is 66.6 Å². The number of aromatic amines is 2. The van der Waals surface area contributed by atoms with E-state index in [0.29, 0.717) is 5.92 Å². The molecule has 0 saturated heterocycles. The average Bonchev–Trinajstić information content (AvgIpc) is 3.55. The van der Waals surface area contributed by atoms with Crippen molar-refractivity contribution in [2.75, 3.05) is 0 Å². The molecule has 0 amide bonds. The standard InChI is InChI=1S/C24H26N6/c1-15(25)23-27-14-22(29-23)19-10-11-20(26-12-19)16-6-8-17(9-7-16)21-13-28-24(30-21)18-4-2-3-5-18/h6-15,18H,2-5,25H2,1H3,(H,27,29)(H,28,30)/t15-/m0/s1. The van der Waals surface area contributed by atoms with Crippen LogP contribution in [0, 0.1) is 0 Å². The van der Waals surface area contributed by atoms with E-state index in [4.69, 9.17) is 5.73 Å². The van der Waals surface area contributed by atoms with E-state index < -0.39 is 0 Å². The van der Waals surface area contributed by atoms with Crippen molar-refractivity contribution in [1.82, 2.24) is 24.9 Å². The van der Waals surface area contributed by atoms with Gasteiger partial charge in [0.25, 0.3) is 0 Å². The molecule has 5 rings (SSSR count). The predicted octanol–water partition coefficient (Wildman–Crippen LogP) is 5.21. The lowest BCUT2D eigenvalue weighted by atomic mass is 10.1. The molecule has 0 bridgehead atoms. The first kappa shape index (κ1) is 18.8. The lowest BCUT2D eigenvalue weighted by Crippen LogP contribution is -2.06. The molecule has 1 aliphatic rings. The summed E-state index contributed by atoms with van der Waals surface area (Å²) in [5.74, 6) is 2.51. The highest BCUT2D eigenvalue weighted by Crippen LogP contribution is 2.33. The van der Waals surface area contributed by atoms with E-state index in [-0.39, 0.29) is 6.04 Å². The first-order valence-electron chi connectivity index (χ1n) is 10.6. The molecule has 1 aromatic carbocycles.